The second-order valence-corrected chi connectivity index (χ2v) is 8.75. The summed E-state index contributed by atoms with van der Waals surface area (Å²) in [5.41, 5.74) is 0. The molecule has 0 saturated carbocycles. The van der Waals surface area contributed by atoms with Crippen LogP contribution in [0.3, 0.4) is 0 Å². The van der Waals surface area contributed by atoms with Crippen molar-refractivity contribution in [2.24, 2.45) is 0 Å². The number of thiophene rings is 1. The van der Waals surface area contributed by atoms with Crippen LogP contribution in [0, 0.1) is 0 Å². The van der Waals surface area contributed by atoms with Gasteiger partial charge >= 0.3 is 12.1 Å². The minimum absolute atomic E-state index is 0.0350. The van der Waals surface area contributed by atoms with Crippen LogP contribution in [0.15, 0.2) is 10.5 Å². The van der Waals surface area contributed by atoms with Crippen LogP contribution in [0.25, 0.3) is 21.9 Å². The molecular weight excluding hydrogens is 477 g/mol. The standard InChI is InChI=1S/C19H17F3N8O3S/c1-2-3-9-6-10-15(29-4-5-30-11(8-29)25-28-18(30)19(20,21)22)23-14(24-17(10)34-9)16-27-26-12(33-16)7-13(31)32/h6H,2-5,7-8H2,1H3,(H,31,32). The Hall–Kier alpha value is -3.62. The molecule has 0 radical (unpaired) electrons. The number of aromatic nitrogens is 7. The number of carboxylic acid groups (broad SMARTS) is 1. The van der Waals surface area contributed by atoms with E-state index in [1.54, 1.807) is 0 Å². The van der Waals surface area contributed by atoms with Crippen molar-refractivity contribution in [1.29, 1.82) is 0 Å². The van der Waals surface area contributed by atoms with Gasteiger partial charge in [-0.2, -0.15) is 13.2 Å². The predicted molar refractivity (Wildman–Crippen MR) is 112 cm³/mol. The summed E-state index contributed by atoms with van der Waals surface area (Å²) in [6, 6.07) is 1.98. The Balaban J connectivity index is 1.56. The van der Waals surface area contributed by atoms with Crippen LogP contribution in [0.4, 0.5) is 19.0 Å². The molecule has 0 aromatic carbocycles. The van der Waals surface area contributed by atoms with Gasteiger partial charge in [-0.25, -0.2) is 9.97 Å². The Morgan fingerprint density at radius 2 is 2.03 bits per heavy atom. The number of halogens is 3. The topological polar surface area (TPSA) is 136 Å². The first-order chi connectivity index (χ1) is 16.2. The quantitative estimate of drug-likeness (QED) is 0.426. The van der Waals surface area contributed by atoms with E-state index in [4.69, 9.17) is 9.52 Å². The number of hydrogen-bond acceptors (Lipinski definition) is 10. The van der Waals surface area contributed by atoms with Gasteiger partial charge in [-0.05, 0) is 12.5 Å². The van der Waals surface area contributed by atoms with Crippen LogP contribution in [-0.4, -0.2) is 52.6 Å². The Labute approximate surface area is 193 Å². The van der Waals surface area contributed by atoms with Crippen molar-refractivity contribution in [3.8, 4) is 11.7 Å². The third-order valence-corrected chi connectivity index (χ3v) is 6.28. The fraction of sp³-hybridized carbons (Fsp3) is 0.421. The zero-order valence-corrected chi connectivity index (χ0v) is 18.5. The molecule has 0 spiro atoms. The van der Waals surface area contributed by atoms with Gasteiger partial charge in [-0.15, -0.1) is 31.7 Å². The summed E-state index contributed by atoms with van der Waals surface area (Å²) in [6.07, 6.45) is -3.26. The fourth-order valence-electron chi connectivity index (χ4n) is 3.76. The van der Waals surface area contributed by atoms with Crippen LogP contribution in [0.5, 0.6) is 0 Å². The van der Waals surface area contributed by atoms with Crippen LogP contribution in [-0.2, 0) is 36.9 Å². The maximum absolute atomic E-state index is 13.2. The molecule has 0 amide bonds. The zero-order valence-electron chi connectivity index (χ0n) is 17.7. The number of aliphatic carboxylic acids is 1. The van der Waals surface area contributed by atoms with Gasteiger partial charge in [0.15, 0.2) is 5.82 Å². The van der Waals surface area contributed by atoms with E-state index in [9.17, 15) is 18.0 Å². The first-order valence-electron chi connectivity index (χ1n) is 10.3. The van der Waals surface area contributed by atoms with Gasteiger partial charge in [0, 0.05) is 18.0 Å². The molecule has 1 N–H and O–H groups in total. The number of carbonyl (C=O) groups is 1. The number of carboxylic acids is 1. The van der Waals surface area contributed by atoms with Gasteiger partial charge in [-0.1, -0.05) is 13.3 Å². The molecule has 34 heavy (non-hydrogen) atoms. The van der Waals surface area contributed by atoms with Crippen LogP contribution in [0.2, 0.25) is 0 Å². The number of nitrogens with zero attached hydrogens (tertiary/aromatic N) is 8. The highest BCUT2D eigenvalue weighted by molar-refractivity contribution is 7.18. The number of aryl methyl sites for hydroxylation is 1. The first kappa shape index (κ1) is 22.2. The van der Waals surface area contributed by atoms with E-state index in [0.29, 0.717) is 10.6 Å². The lowest BCUT2D eigenvalue weighted by Gasteiger charge is -2.29. The smallest absolute Gasteiger partial charge is 0.451 e. The van der Waals surface area contributed by atoms with E-state index >= 15 is 0 Å². The average molecular weight is 494 g/mol. The number of anilines is 1. The molecule has 4 aromatic rings. The second-order valence-electron chi connectivity index (χ2n) is 7.63. The molecular formula is C19H17F3N8O3S. The number of alkyl halides is 3. The van der Waals surface area contributed by atoms with Gasteiger partial charge in [0.05, 0.1) is 11.9 Å². The van der Waals surface area contributed by atoms with Crippen molar-refractivity contribution in [2.45, 2.75) is 45.5 Å². The lowest BCUT2D eigenvalue weighted by Crippen LogP contribution is -2.36. The fourth-order valence-corrected chi connectivity index (χ4v) is 4.88. The number of fused-ring (bicyclic) bond motifs is 2. The van der Waals surface area contributed by atoms with Crippen LogP contribution in [0.1, 0.15) is 35.8 Å². The lowest BCUT2D eigenvalue weighted by atomic mass is 10.2. The number of hydrogen-bond donors (Lipinski definition) is 1. The molecule has 1 aliphatic heterocycles. The summed E-state index contributed by atoms with van der Waals surface area (Å²) in [6.45, 7) is 2.40. The van der Waals surface area contributed by atoms with E-state index in [1.807, 2.05) is 11.0 Å². The lowest BCUT2D eigenvalue weighted by molar-refractivity contribution is -0.147. The molecule has 15 heteroatoms. The molecule has 0 saturated heterocycles. The summed E-state index contributed by atoms with van der Waals surface area (Å²) in [5, 5.41) is 24.4. The van der Waals surface area contributed by atoms with Gasteiger partial charge in [0.2, 0.25) is 17.5 Å². The molecule has 11 nitrogen and oxygen atoms in total. The van der Waals surface area contributed by atoms with Crippen molar-refractivity contribution in [2.75, 3.05) is 11.4 Å². The summed E-state index contributed by atoms with van der Waals surface area (Å²) >= 11 is 1.48. The molecule has 0 aliphatic carbocycles. The van der Waals surface area contributed by atoms with Gasteiger partial charge in [0.25, 0.3) is 5.89 Å². The molecule has 5 rings (SSSR count). The summed E-state index contributed by atoms with van der Waals surface area (Å²) < 4.78 is 46.2. The number of rotatable bonds is 6. The SMILES string of the molecule is CCCc1cc2c(N3CCn4c(nnc4C(F)(F)F)C3)nc(-c3nnc(CC(=O)O)o3)nc2s1. The Morgan fingerprint density at radius 1 is 1.21 bits per heavy atom. The van der Waals surface area contributed by atoms with Gasteiger partial charge in [-0.3, -0.25) is 4.79 Å². The third-order valence-electron chi connectivity index (χ3n) is 5.19. The Bertz CT molecular complexity index is 1380. The molecule has 0 bridgehead atoms. The van der Waals surface area contributed by atoms with Crippen molar-refractivity contribution >= 4 is 33.3 Å². The minimum atomic E-state index is -4.59. The monoisotopic (exact) mass is 494 g/mol. The highest BCUT2D eigenvalue weighted by atomic mass is 32.1. The molecule has 0 atom stereocenters. The zero-order chi connectivity index (χ0) is 24.0. The highest BCUT2D eigenvalue weighted by Crippen LogP contribution is 2.36. The average Bonchev–Trinajstić information content (AvgIpc) is 3.49. The van der Waals surface area contributed by atoms with Gasteiger partial charge in [0.1, 0.15) is 17.1 Å². The summed E-state index contributed by atoms with van der Waals surface area (Å²) in [4.78, 5) is 23.6. The van der Waals surface area contributed by atoms with Crippen LogP contribution >= 0.6 is 11.3 Å². The maximum Gasteiger partial charge on any atom is 0.451 e. The third kappa shape index (κ3) is 4.06. The van der Waals surface area contributed by atoms with E-state index in [2.05, 4.69) is 37.3 Å². The molecule has 4 aromatic heterocycles. The molecule has 1 aliphatic rings. The molecule has 5 heterocycles. The minimum Gasteiger partial charge on any atom is -0.481 e. The molecule has 178 valence electrons. The first-order valence-corrected chi connectivity index (χ1v) is 11.1. The summed E-state index contributed by atoms with van der Waals surface area (Å²) in [5.74, 6) is -1.48. The van der Waals surface area contributed by atoms with Gasteiger partial charge < -0.3 is 19.0 Å². The van der Waals surface area contributed by atoms with Crippen molar-refractivity contribution in [1.82, 2.24) is 34.9 Å². The van der Waals surface area contributed by atoms with Crippen molar-refractivity contribution in [3.05, 3.63) is 28.5 Å². The largest absolute Gasteiger partial charge is 0.481 e. The maximum atomic E-state index is 13.2. The normalized spacial score (nSPS) is 14.1. The summed E-state index contributed by atoms with van der Waals surface area (Å²) in [7, 11) is 0. The van der Waals surface area contributed by atoms with E-state index in [0.717, 1.165) is 27.7 Å². The van der Waals surface area contributed by atoms with E-state index < -0.39 is 24.4 Å². The second kappa shape index (κ2) is 8.30. The van der Waals surface area contributed by atoms with Crippen molar-refractivity contribution in [3.63, 3.8) is 0 Å². The van der Waals surface area contributed by atoms with E-state index in [-0.39, 0.29) is 43.1 Å². The van der Waals surface area contributed by atoms with E-state index in [1.165, 1.54) is 11.3 Å². The van der Waals surface area contributed by atoms with Crippen molar-refractivity contribution < 1.29 is 27.5 Å². The highest BCUT2D eigenvalue weighted by Gasteiger charge is 2.39. The Morgan fingerprint density at radius 3 is 2.76 bits per heavy atom. The van der Waals surface area contributed by atoms with Crippen LogP contribution < -0.4 is 4.90 Å². The molecule has 0 unspecified atom stereocenters. The Kier molecular flexibility index (Phi) is 5.42. The molecule has 0 fully saturated rings. The predicted octanol–water partition coefficient (Wildman–Crippen LogP) is 2.95.